The molecule has 3 heteroatoms. The van der Waals surface area contributed by atoms with Gasteiger partial charge < -0.3 is 4.90 Å². The first kappa shape index (κ1) is 9.51. The van der Waals surface area contributed by atoms with E-state index in [9.17, 15) is 4.79 Å². The van der Waals surface area contributed by atoms with Crippen LogP contribution in [0.2, 0.25) is 0 Å². The molecule has 1 rings (SSSR count). The molecule has 0 spiro atoms. The van der Waals surface area contributed by atoms with E-state index >= 15 is 0 Å². The number of carbonyl (C=O) groups excluding carboxylic acids is 1. The van der Waals surface area contributed by atoms with Gasteiger partial charge in [0.2, 0.25) is 0 Å². The molecule has 0 aromatic heterocycles. The third kappa shape index (κ3) is 1.97. The molecule has 0 aliphatic rings. The quantitative estimate of drug-likeness (QED) is 0.609. The van der Waals surface area contributed by atoms with E-state index in [1.165, 1.54) is 0 Å². The Bertz CT molecular complexity index is 297. The SMILES string of the molecule is CN(C)c1cc(C=O)ccc1I. The van der Waals surface area contributed by atoms with Crippen LogP contribution in [0.25, 0.3) is 0 Å². The number of nitrogens with zero attached hydrogens (tertiary/aromatic N) is 1. The molecule has 0 N–H and O–H groups in total. The Balaban J connectivity index is 3.16. The zero-order valence-electron chi connectivity index (χ0n) is 7.04. The largest absolute Gasteiger partial charge is 0.377 e. The predicted octanol–water partition coefficient (Wildman–Crippen LogP) is 2.17. The van der Waals surface area contributed by atoms with Crippen molar-refractivity contribution in [3.8, 4) is 0 Å². The van der Waals surface area contributed by atoms with E-state index in [1.807, 2.05) is 37.2 Å². The van der Waals surface area contributed by atoms with Gasteiger partial charge in [-0.05, 0) is 34.7 Å². The maximum absolute atomic E-state index is 10.5. The van der Waals surface area contributed by atoms with Gasteiger partial charge in [0, 0.05) is 23.2 Å². The Morgan fingerprint density at radius 1 is 1.42 bits per heavy atom. The molecule has 2 nitrogen and oxygen atoms in total. The highest BCUT2D eigenvalue weighted by molar-refractivity contribution is 14.1. The van der Waals surface area contributed by atoms with Gasteiger partial charge in [-0.15, -0.1) is 0 Å². The van der Waals surface area contributed by atoms with Crippen LogP contribution in [0, 0.1) is 3.57 Å². The topological polar surface area (TPSA) is 20.3 Å². The molecule has 0 saturated heterocycles. The Hall–Kier alpha value is -0.580. The summed E-state index contributed by atoms with van der Waals surface area (Å²) in [5, 5.41) is 0. The van der Waals surface area contributed by atoms with Crippen molar-refractivity contribution in [2.45, 2.75) is 0 Å². The molecule has 1 aromatic rings. The normalized spacial score (nSPS) is 9.58. The summed E-state index contributed by atoms with van der Waals surface area (Å²) < 4.78 is 1.16. The fourth-order valence-corrected chi connectivity index (χ4v) is 1.76. The molecule has 0 amide bonds. The molecule has 0 unspecified atom stereocenters. The summed E-state index contributed by atoms with van der Waals surface area (Å²) in [6.07, 6.45) is 0.864. The number of aldehydes is 1. The number of hydrogen-bond donors (Lipinski definition) is 0. The zero-order chi connectivity index (χ0) is 9.14. The van der Waals surface area contributed by atoms with Crippen molar-refractivity contribution in [1.29, 1.82) is 0 Å². The minimum absolute atomic E-state index is 0.721. The zero-order valence-corrected chi connectivity index (χ0v) is 9.20. The van der Waals surface area contributed by atoms with Crippen molar-refractivity contribution >= 4 is 34.6 Å². The number of rotatable bonds is 2. The van der Waals surface area contributed by atoms with Gasteiger partial charge in [-0.3, -0.25) is 4.79 Å². The molecule has 0 fully saturated rings. The van der Waals surface area contributed by atoms with Crippen molar-refractivity contribution in [1.82, 2.24) is 0 Å². The van der Waals surface area contributed by atoms with Crippen LogP contribution >= 0.6 is 22.6 Å². The number of halogens is 1. The van der Waals surface area contributed by atoms with E-state index in [2.05, 4.69) is 22.6 Å². The standard InChI is InChI=1S/C9H10INO/c1-11(2)9-5-7(6-12)3-4-8(9)10/h3-6H,1-2H3. The van der Waals surface area contributed by atoms with Crippen molar-refractivity contribution in [2.24, 2.45) is 0 Å². The van der Waals surface area contributed by atoms with Crippen LogP contribution in [0.3, 0.4) is 0 Å². The third-order valence-electron chi connectivity index (χ3n) is 1.59. The monoisotopic (exact) mass is 275 g/mol. The summed E-state index contributed by atoms with van der Waals surface area (Å²) in [4.78, 5) is 12.5. The summed E-state index contributed by atoms with van der Waals surface area (Å²) in [5.41, 5.74) is 1.80. The van der Waals surface area contributed by atoms with Crippen LogP contribution in [0.1, 0.15) is 10.4 Å². The van der Waals surface area contributed by atoms with Crippen molar-refractivity contribution in [3.05, 3.63) is 27.3 Å². The van der Waals surface area contributed by atoms with Crippen LogP contribution in [0.5, 0.6) is 0 Å². The van der Waals surface area contributed by atoms with E-state index in [-0.39, 0.29) is 0 Å². The van der Waals surface area contributed by atoms with E-state index in [0.29, 0.717) is 0 Å². The maximum Gasteiger partial charge on any atom is 0.150 e. The molecule has 0 aliphatic carbocycles. The van der Waals surface area contributed by atoms with E-state index in [1.54, 1.807) is 0 Å². The lowest BCUT2D eigenvalue weighted by Crippen LogP contribution is -2.10. The summed E-state index contributed by atoms with van der Waals surface area (Å²) in [6, 6.07) is 5.65. The van der Waals surface area contributed by atoms with Crippen LogP contribution < -0.4 is 4.90 Å². The fourth-order valence-electron chi connectivity index (χ4n) is 0.946. The van der Waals surface area contributed by atoms with Crippen LogP contribution in [0.4, 0.5) is 5.69 Å². The summed E-state index contributed by atoms with van der Waals surface area (Å²) in [5.74, 6) is 0. The Kier molecular flexibility index (Phi) is 3.08. The first-order valence-electron chi connectivity index (χ1n) is 3.57. The molecule has 0 aliphatic heterocycles. The second kappa shape index (κ2) is 3.89. The van der Waals surface area contributed by atoms with E-state index in [4.69, 9.17) is 0 Å². The second-order valence-electron chi connectivity index (χ2n) is 2.72. The highest BCUT2D eigenvalue weighted by atomic mass is 127. The highest BCUT2D eigenvalue weighted by Gasteiger charge is 2.01. The molecule has 0 bridgehead atoms. The lowest BCUT2D eigenvalue weighted by Gasteiger charge is -2.14. The number of anilines is 1. The Morgan fingerprint density at radius 3 is 2.58 bits per heavy atom. The molecule has 64 valence electrons. The smallest absolute Gasteiger partial charge is 0.150 e. The van der Waals surface area contributed by atoms with E-state index < -0.39 is 0 Å². The minimum atomic E-state index is 0.721. The Labute approximate surface area is 85.7 Å². The summed E-state index contributed by atoms with van der Waals surface area (Å²) >= 11 is 2.25. The van der Waals surface area contributed by atoms with Crippen molar-refractivity contribution in [3.63, 3.8) is 0 Å². The number of benzene rings is 1. The highest BCUT2D eigenvalue weighted by Crippen LogP contribution is 2.21. The second-order valence-corrected chi connectivity index (χ2v) is 3.89. The third-order valence-corrected chi connectivity index (χ3v) is 2.50. The molecule has 1 aromatic carbocycles. The fraction of sp³-hybridized carbons (Fsp3) is 0.222. The molecular weight excluding hydrogens is 265 g/mol. The minimum Gasteiger partial charge on any atom is -0.377 e. The lowest BCUT2D eigenvalue weighted by atomic mass is 10.2. The van der Waals surface area contributed by atoms with Crippen molar-refractivity contribution in [2.75, 3.05) is 19.0 Å². The maximum atomic E-state index is 10.5. The molecule has 0 radical (unpaired) electrons. The van der Waals surface area contributed by atoms with Gasteiger partial charge in [0.25, 0.3) is 0 Å². The summed E-state index contributed by atoms with van der Waals surface area (Å²) in [7, 11) is 3.93. The van der Waals surface area contributed by atoms with Crippen LogP contribution in [-0.2, 0) is 0 Å². The van der Waals surface area contributed by atoms with Gasteiger partial charge in [-0.1, -0.05) is 6.07 Å². The first-order valence-corrected chi connectivity index (χ1v) is 4.65. The van der Waals surface area contributed by atoms with Crippen molar-refractivity contribution < 1.29 is 4.79 Å². The first-order chi connectivity index (χ1) is 5.65. The molecule has 12 heavy (non-hydrogen) atoms. The van der Waals surface area contributed by atoms with Crippen LogP contribution in [0.15, 0.2) is 18.2 Å². The number of hydrogen-bond acceptors (Lipinski definition) is 2. The molecular formula is C9H10INO. The van der Waals surface area contributed by atoms with Crippen LogP contribution in [-0.4, -0.2) is 20.4 Å². The number of carbonyl (C=O) groups is 1. The lowest BCUT2D eigenvalue weighted by molar-refractivity contribution is 0.112. The average Bonchev–Trinajstić information content (AvgIpc) is 2.05. The predicted molar refractivity (Wildman–Crippen MR) is 58.9 cm³/mol. The van der Waals surface area contributed by atoms with Gasteiger partial charge in [-0.25, -0.2) is 0 Å². The van der Waals surface area contributed by atoms with E-state index in [0.717, 1.165) is 21.1 Å². The van der Waals surface area contributed by atoms with Gasteiger partial charge in [0.05, 0.1) is 5.69 Å². The Morgan fingerprint density at radius 2 is 2.08 bits per heavy atom. The van der Waals surface area contributed by atoms with Gasteiger partial charge in [0.1, 0.15) is 6.29 Å². The average molecular weight is 275 g/mol. The summed E-state index contributed by atoms with van der Waals surface area (Å²) in [6.45, 7) is 0. The van der Waals surface area contributed by atoms with Gasteiger partial charge >= 0.3 is 0 Å². The molecule has 0 heterocycles. The van der Waals surface area contributed by atoms with Gasteiger partial charge in [-0.2, -0.15) is 0 Å². The van der Waals surface area contributed by atoms with Gasteiger partial charge in [0.15, 0.2) is 0 Å². The molecule has 0 saturated carbocycles. The molecule has 0 atom stereocenters.